The first-order valence-corrected chi connectivity index (χ1v) is 9.22. The van der Waals surface area contributed by atoms with Gasteiger partial charge < -0.3 is 15.4 Å². The first-order valence-electron chi connectivity index (χ1n) is 9.22. The van der Waals surface area contributed by atoms with Crippen molar-refractivity contribution in [2.45, 2.75) is 19.4 Å². The number of rotatable bonds is 9. The molecule has 3 rings (SSSR count). The summed E-state index contributed by atoms with van der Waals surface area (Å²) < 4.78 is 5.80. The summed E-state index contributed by atoms with van der Waals surface area (Å²) in [5.41, 5.74) is 0.796. The first kappa shape index (κ1) is 18.9. The average molecular weight is 370 g/mol. The molecule has 0 amide bonds. The molecule has 27 heavy (non-hydrogen) atoms. The topological polar surface area (TPSA) is 95.2 Å². The third-order valence-corrected chi connectivity index (χ3v) is 4.34. The number of benzene rings is 1. The lowest BCUT2D eigenvalue weighted by atomic mass is 10.2. The maximum absolute atomic E-state index is 11.2. The Morgan fingerprint density at radius 1 is 1.26 bits per heavy atom. The van der Waals surface area contributed by atoms with Crippen LogP contribution in [-0.4, -0.2) is 53.4 Å². The van der Waals surface area contributed by atoms with E-state index in [2.05, 4.69) is 42.8 Å². The highest BCUT2D eigenvalue weighted by Crippen LogP contribution is 2.17. The summed E-state index contributed by atoms with van der Waals surface area (Å²) in [6.07, 6.45) is 6.46. The predicted molar refractivity (Wildman–Crippen MR) is 106 cm³/mol. The van der Waals surface area contributed by atoms with E-state index in [4.69, 9.17) is 4.74 Å². The zero-order chi connectivity index (χ0) is 18.9. The Labute approximate surface area is 158 Å². The number of hydrogen-bond acceptors (Lipinski definition) is 7. The van der Waals surface area contributed by atoms with Crippen molar-refractivity contribution in [3.8, 4) is 5.75 Å². The summed E-state index contributed by atoms with van der Waals surface area (Å²) in [5, 5.41) is 12.1. The van der Waals surface area contributed by atoms with Crippen molar-refractivity contribution in [1.29, 1.82) is 0 Å². The minimum atomic E-state index is -0.488. The third kappa shape index (κ3) is 5.82. The molecule has 0 unspecified atom stereocenters. The monoisotopic (exact) mass is 370 g/mol. The van der Waals surface area contributed by atoms with Gasteiger partial charge in [0.15, 0.2) is 11.6 Å². The van der Waals surface area contributed by atoms with Crippen LogP contribution in [0.1, 0.15) is 18.4 Å². The fourth-order valence-corrected chi connectivity index (χ4v) is 3.02. The van der Waals surface area contributed by atoms with Crippen LogP contribution in [-0.2, 0) is 6.54 Å². The Balaban J connectivity index is 1.43. The molecule has 1 aliphatic heterocycles. The molecule has 0 atom stereocenters. The minimum Gasteiger partial charge on any atom is -0.490 e. The number of ether oxygens (including phenoxy) is 1. The maximum atomic E-state index is 11.2. The van der Waals surface area contributed by atoms with E-state index in [1.54, 1.807) is 7.05 Å². The summed E-state index contributed by atoms with van der Waals surface area (Å²) in [7, 11) is 1.72. The van der Waals surface area contributed by atoms with Crippen LogP contribution in [0.15, 0.2) is 41.2 Å². The Bertz CT molecular complexity index is 814. The van der Waals surface area contributed by atoms with Gasteiger partial charge in [-0.25, -0.2) is 9.89 Å². The van der Waals surface area contributed by atoms with Crippen molar-refractivity contribution in [2.24, 2.45) is 0 Å². The molecule has 1 aliphatic rings. The molecule has 1 aromatic carbocycles. The summed E-state index contributed by atoms with van der Waals surface area (Å²) in [5.74, 6) is 1.79. The van der Waals surface area contributed by atoms with Gasteiger partial charge >= 0.3 is 5.69 Å². The van der Waals surface area contributed by atoms with Crippen LogP contribution in [0.4, 0.5) is 11.6 Å². The highest BCUT2D eigenvalue weighted by atomic mass is 16.5. The SMILES string of the molecule is CNc1n[nH]c(=O)nc1NC/C=C\COc1cccc(CN2CCCC2)c1. The second-order valence-corrected chi connectivity index (χ2v) is 6.38. The van der Waals surface area contributed by atoms with E-state index in [0.29, 0.717) is 24.8 Å². The zero-order valence-electron chi connectivity index (χ0n) is 15.6. The van der Waals surface area contributed by atoms with Gasteiger partial charge in [-0.15, -0.1) is 5.10 Å². The Morgan fingerprint density at radius 2 is 2.11 bits per heavy atom. The fourth-order valence-electron chi connectivity index (χ4n) is 3.02. The van der Waals surface area contributed by atoms with E-state index in [1.165, 1.54) is 31.5 Å². The fraction of sp³-hybridized carbons (Fsp3) is 0.421. The van der Waals surface area contributed by atoms with Gasteiger partial charge in [0.1, 0.15) is 12.4 Å². The molecule has 0 saturated carbocycles. The summed E-state index contributed by atoms with van der Waals surface area (Å²) in [6, 6.07) is 8.27. The molecule has 1 aromatic heterocycles. The summed E-state index contributed by atoms with van der Waals surface area (Å²) in [4.78, 5) is 17.6. The van der Waals surface area contributed by atoms with E-state index in [9.17, 15) is 4.79 Å². The molecule has 0 spiro atoms. The number of nitrogens with one attached hydrogen (secondary N) is 3. The molecule has 0 radical (unpaired) electrons. The molecule has 0 aliphatic carbocycles. The molecular formula is C19H26N6O2. The second kappa shape index (κ2) is 9.72. The molecule has 3 N–H and O–H groups in total. The molecule has 1 saturated heterocycles. The van der Waals surface area contributed by atoms with Gasteiger partial charge in [0.25, 0.3) is 0 Å². The van der Waals surface area contributed by atoms with E-state index in [-0.39, 0.29) is 0 Å². The Morgan fingerprint density at radius 3 is 2.93 bits per heavy atom. The van der Waals surface area contributed by atoms with Crippen LogP contribution in [0.3, 0.4) is 0 Å². The second-order valence-electron chi connectivity index (χ2n) is 6.38. The van der Waals surface area contributed by atoms with Crippen molar-refractivity contribution in [3.63, 3.8) is 0 Å². The van der Waals surface area contributed by atoms with Crippen molar-refractivity contribution >= 4 is 11.6 Å². The van der Waals surface area contributed by atoms with Crippen LogP contribution in [0.25, 0.3) is 0 Å². The molecule has 144 valence electrons. The van der Waals surface area contributed by atoms with Crippen molar-refractivity contribution < 1.29 is 4.74 Å². The highest BCUT2D eigenvalue weighted by Gasteiger charge is 2.11. The maximum Gasteiger partial charge on any atom is 0.363 e. The van der Waals surface area contributed by atoms with Crippen molar-refractivity contribution in [2.75, 3.05) is 43.9 Å². The summed E-state index contributed by atoms with van der Waals surface area (Å²) >= 11 is 0. The van der Waals surface area contributed by atoms with Crippen LogP contribution < -0.4 is 21.1 Å². The number of H-pyrrole nitrogens is 1. The molecule has 2 aromatic rings. The molecular weight excluding hydrogens is 344 g/mol. The van der Waals surface area contributed by atoms with E-state index in [0.717, 1.165) is 12.3 Å². The minimum absolute atomic E-state index is 0.418. The number of aromatic amines is 1. The van der Waals surface area contributed by atoms with Gasteiger partial charge in [0.2, 0.25) is 0 Å². The molecule has 0 bridgehead atoms. The molecule has 2 heterocycles. The first-order chi connectivity index (χ1) is 13.2. The molecule has 8 nitrogen and oxygen atoms in total. The number of hydrogen-bond donors (Lipinski definition) is 3. The van der Waals surface area contributed by atoms with E-state index in [1.807, 2.05) is 24.3 Å². The van der Waals surface area contributed by atoms with Gasteiger partial charge in [-0.3, -0.25) is 4.90 Å². The van der Waals surface area contributed by atoms with Crippen molar-refractivity contribution in [1.82, 2.24) is 20.1 Å². The van der Waals surface area contributed by atoms with Crippen LogP contribution >= 0.6 is 0 Å². The van der Waals surface area contributed by atoms with E-state index < -0.39 is 5.69 Å². The Hall–Kier alpha value is -2.87. The summed E-state index contributed by atoms with van der Waals surface area (Å²) in [6.45, 7) is 4.36. The van der Waals surface area contributed by atoms with Gasteiger partial charge in [0, 0.05) is 20.1 Å². The third-order valence-electron chi connectivity index (χ3n) is 4.34. The number of nitrogens with zero attached hydrogens (tertiary/aromatic N) is 3. The van der Waals surface area contributed by atoms with Crippen LogP contribution in [0.2, 0.25) is 0 Å². The average Bonchev–Trinajstić information content (AvgIpc) is 3.18. The van der Waals surface area contributed by atoms with Gasteiger partial charge in [-0.1, -0.05) is 18.2 Å². The van der Waals surface area contributed by atoms with E-state index >= 15 is 0 Å². The quantitative estimate of drug-likeness (QED) is 0.580. The van der Waals surface area contributed by atoms with Gasteiger partial charge in [-0.05, 0) is 49.7 Å². The molecule has 8 heteroatoms. The lowest BCUT2D eigenvalue weighted by Crippen LogP contribution is -2.18. The number of likely N-dealkylation sites (tertiary alicyclic amines) is 1. The lowest BCUT2D eigenvalue weighted by molar-refractivity contribution is 0.328. The van der Waals surface area contributed by atoms with Crippen molar-refractivity contribution in [3.05, 3.63) is 52.5 Å². The van der Waals surface area contributed by atoms with Crippen LogP contribution in [0, 0.1) is 0 Å². The van der Waals surface area contributed by atoms with Gasteiger partial charge in [-0.2, -0.15) is 4.98 Å². The molecule has 1 fully saturated rings. The largest absolute Gasteiger partial charge is 0.490 e. The van der Waals surface area contributed by atoms with Crippen LogP contribution in [0.5, 0.6) is 5.75 Å². The normalized spacial score (nSPS) is 14.6. The highest BCUT2D eigenvalue weighted by molar-refractivity contribution is 5.57. The predicted octanol–water partition coefficient (Wildman–Crippen LogP) is 1.85. The van der Waals surface area contributed by atoms with Gasteiger partial charge in [0.05, 0.1) is 0 Å². The smallest absolute Gasteiger partial charge is 0.363 e. The standard InChI is InChI=1S/C19H26N6O2/c1-20-17-18(22-19(26)24-23-17)21-9-2-5-12-27-16-8-6-7-15(13-16)14-25-10-3-4-11-25/h2,5-8,13H,3-4,9-12,14H2,1H3,(H,20,23)(H2,21,22,24,26)/b5-2-. The number of aromatic nitrogens is 3. The lowest BCUT2D eigenvalue weighted by Gasteiger charge is -2.15. The number of anilines is 2. The Kier molecular flexibility index (Phi) is 6.81. The zero-order valence-corrected chi connectivity index (χ0v) is 15.6.